The zero-order valence-electron chi connectivity index (χ0n) is 16.7. The quantitative estimate of drug-likeness (QED) is 0.337. The molecule has 0 unspecified atom stereocenters. The van der Waals surface area contributed by atoms with Crippen LogP contribution in [0.1, 0.15) is 5.56 Å². The zero-order valence-corrected chi connectivity index (χ0v) is 19.0. The van der Waals surface area contributed by atoms with Crippen LogP contribution in [-0.2, 0) is 4.79 Å². The highest BCUT2D eigenvalue weighted by Gasteiger charge is 2.14. The Hall–Kier alpha value is -2.99. The Bertz CT molecular complexity index is 1400. The number of hydrogen-bond acceptors (Lipinski definition) is 4. The SMILES string of the molecule is Cc1c(Cl)cccc1NC(=O)COc1ccc2c(=O)c(-c3ccc(Cl)cc3Cl)coc2c1. The number of hydrogen-bond donors (Lipinski definition) is 1. The molecule has 5 nitrogen and oxygen atoms in total. The molecule has 0 saturated heterocycles. The molecular formula is C24H16Cl3NO4. The molecule has 1 aromatic heterocycles. The molecule has 8 heteroatoms. The molecule has 1 heterocycles. The second kappa shape index (κ2) is 9.25. The molecule has 0 spiro atoms. The summed E-state index contributed by atoms with van der Waals surface area (Å²) in [5, 5.41) is 4.51. The maximum Gasteiger partial charge on any atom is 0.262 e. The van der Waals surface area contributed by atoms with Crippen molar-refractivity contribution in [3.8, 4) is 16.9 Å². The maximum atomic E-state index is 12.9. The lowest BCUT2D eigenvalue weighted by molar-refractivity contribution is -0.118. The number of carbonyl (C=O) groups is 1. The van der Waals surface area contributed by atoms with E-state index >= 15 is 0 Å². The van der Waals surface area contributed by atoms with E-state index in [1.54, 1.807) is 54.6 Å². The molecule has 0 bridgehead atoms. The lowest BCUT2D eigenvalue weighted by atomic mass is 10.1. The van der Waals surface area contributed by atoms with E-state index in [1.807, 2.05) is 6.92 Å². The van der Waals surface area contributed by atoms with Gasteiger partial charge in [0.1, 0.15) is 17.6 Å². The number of nitrogens with one attached hydrogen (secondary N) is 1. The van der Waals surface area contributed by atoms with Gasteiger partial charge in [-0.1, -0.05) is 46.9 Å². The number of carbonyl (C=O) groups excluding carboxylic acids is 1. The maximum absolute atomic E-state index is 12.9. The van der Waals surface area contributed by atoms with Crippen molar-refractivity contribution in [2.75, 3.05) is 11.9 Å². The summed E-state index contributed by atoms with van der Waals surface area (Å²) in [7, 11) is 0. The van der Waals surface area contributed by atoms with Gasteiger partial charge in [0.15, 0.2) is 6.61 Å². The van der Waals surface area contributed by atoms with Gasteiger partial charge in [-0.2, -0.15) is 0 Å². The minimum absolute atomic E-state index is 0.222. The smallest absolute Gasteiger partial charge is 0.262 e. The van der Waals surface area contributed by atoms with Crippen LogP contribution in [0.15, 0.2) is 70.1 Å². The van der Waals surface area contributed by atoms with Crippen LogP contribution >= 0.6 is 34.8 Å². The number of amides is 1. The monoisotopic (exact) mass is 487 g/mol. The van der Waals surface area contributed by atoms with Gasteiger partial charge < -0.3 is 14.5 Å². The molecule has 0 fully saturated rings. The Kier molecular flexibility index (Phi) is 6.42. The van der Waals surface area contributed by atoms with Crippen LogP contribution in [0.5, 0.6) is 5.75 Å². The molecule has 0 radical (unpaired) electrons. The van der Waals surface area contributed by atoms with Gasteiger partial charge >= 0.3 is 0 Å². The second-order valence-corrected chi connectivity index (χ2v) is 8.26. The van der Waals surface area contributed by atoms with Crippen LogP contribution in [0.4, 0.5) is 5.69 Å². The van der Waals surface area contributed by atoms with Gasteiger partial charge in [-0.3, -0.25) is 9.59 Å². The van der Waals surface area contributed by atoms with E-state index in [2.05, 4.69) is 5.32 Å². The Balaban J connectivity index is 1.52. The standard InChI is InChI=1S/C24H16Cl3NO4/c1-13-19(26)3-2-4-21(13)28-23(29)12-31-15-6-8-17-22(10-15)32-11-18(24(17)30)16-7-5-14(25)9-20(16)27/h2-11H,12H2,1H3,(H,28,29). The van der Waals surface area contributed by atoms with E-state index in [-0.39, 0.29) is 17.9 Å². The van der Waals surface area contributed by atoms with Crippen molar-refractivity contribution in [2.45, 2.75) is 6.92 Å². The number of ether oxygens (including phenoxy) is 1. The summed E-state index contributed by atoms with van der Waals surface area (Å²) in [6.07, 6.45) is 1.35. The van der Waals surface area contributed by atoms with Crippen LogP contribution in [0.3, 0.4) is 0 Å². The molecule has 162 valence electrons. The Labute approximate surface area is 198 Å². The first-order valence-electron chi connectivity index (χ1n) is 9.52. The van der Waals surface area contributed by atoms with E-state index < -0.39 is 0 Å². The molecule has 4 rings (SSSR count). The first-order valence-corrected chi connectivity index (χ1v) is 10.7. The summed E-state index contributed by atoms with van der Waals surface area (Å²) in [6, 6.07) is 14.9. The number of halogens is 3. The van der Waals surface area contributed by atoms with E-state index in [4.69, 9.17) is 44.0 Å². The van der Waals surface area contributed by atoms with Gasteiger partial charge in [-0.15, -0.1) is 0 Å². The van der Waals surface area contributed by atoms with Crippen LogP contribution in [0, 0.1) is 6.92 Å². The Morgan fingerprint density at radius 1 is 1.00 bits per heavy atom. The van der Waals surface area contributed by atoms with Crippen molar-refractivity contribution in [3.63, 3.8) is 0 Å². The second-order valence-electron chi connectivity index (χ2n) is 7.01. The number of anilines is 1. The molecule has 3 aromatic carbocycles. The topological polar surface area (TPSA) is 68.5 Å². The van der Waals surface area contributed by atoms with Gasteiger partial charge in [0.25, 0.3) is 5.91 Å². The van der Waals surface area contributed by atoms with Crippen molar-refractivity contribution in [3.05, 3.63) is 91.7 Å². The highest BCUT2D eigenvalue weighted by Crippen LogP contribution is 2.30. The summed E-state index contributed by atoms with van der Waals surface area (Å²) in [5.74, 6) is 0.0422. The van der Waals surface area contributed by atoms with E-state index in [9.17, 15) is 9.59 Å². The Morgan fingerprint density at radius 3 is 2.59 bits per heavy atom. The Morgan fingerprint density at radius 2 is 1.81 bits per heavy atom. The van der Waals surface area contributed by atoms with Crippen molar-refractivity contribution in [1.82, 2.24) is 0 Å². The zero-order chi connectivity index (χ0) is 22.8. The molecule has 1 N–H and O–H groups in total. The summed E-state index contributed by atoms with van der Waals surface area (Å²) >= 11 is 18.2. The highest BCUT2D eigenvalue weighted by molar-refractivity contribution is 6.36. The molecular weight excluding hydrogens is 473 g/mol. The van der Waals surface area contributed by atoms with Gasteiger partial charge in [0.05, 0.1) is 16.0 Å². The third-order valence-electron chi connectivity index (χ3n) is 4.88. The number of rotatable bonds is 5. The van der Waals surface area contributed by atoms with Crippen LogP contribution < -0.4 is 15.5 Å². The van der Waals surface area contributed by atoms with Crippen LogP contribution in [0.2, 0.25) is 15.1 Å². The minimum Gasteiger partial charge on any atom is -0.484 e. The lowest BCUT2D eigenvalue weighted by Crippen LogP contribution is -2.20. The predicted octanol–water partition coefficient (Wildman–Crippen LogP) is 6.75. The van der Waals surface area contributed by atoms with Crippen molar-refractivity contribution in [2.24, 2.45) is 0 Å². The summed E-state index contributed by atoms with van der Waals surface area (Å²) < 4.78 is 11.2. The van der Waals surface area contributed by atoms with Crippen LogP contribution in [0.25, 0.3) is 22.1 Å². The third kappa shape index (κ3) is 4.60. The number of fused-ring (bicyclic) bond motifs is 1. The van der Waals surface area contributed by atoms with Crippen LogP contribution in [-0.4, -0.2) is 12.5 Å². The lowest BCUT2D eigenvalue weighted by Gasteiger charge is -2.11. The van der Waals surface area contributed by atoms with Gasteiger partial charge in [0.2, 0.25) is 5.43 Å². The molecule has 32 heavy (non-hydrogen) atoms. The summed E-state index contributed by atoms with van der Waals surface area (Å²) in [5.41, 5.74) is 2.32. The molecule has 0 aliphatic carbocycles. The van der Waals surface area contributed by atoms with Crippen molar-refractivity contribution in [1.29, 1.82) is 0 Å². The molecule has 1 amide bonds. The highest BCUT2D eigenvalue weighted by atomic mass is 35.5. The van der Waals surface area contributed by atoms with E-state index in [1.165, 1.54) is 6.26 Å². The summed E-state index contributed by atoms with van der Waals surface area (Å²) in [6.45, 7) is 1.59. The van der Waals surface area contributed by atoms with Crippen molar-refractivity contribution < 1.29 is 13.9 Å². The minimum atomic E-state index is -0.343. The average molecular weight is 489 g/mol. The molecule has 0 aliphatic heterocycles. The van der Waals surface area contributed by atoms with E-state index in [0.717, 1.165) is 5.56 Å². The van der Waals surface area contributed by atoms with E-state index in [0.29, 0.717) is 48.6 Å². The predicted molar refractivity (Wildman–Crippen MR) is 128 cm³/mol. The molecule has 0 atom stereocenters. The van der Waals surface area contributed by atoms with Gasteiger partial charge in [0, 0.05) is 27.4 Å². The fourth-order valence-corrected chi connectivity index (χ4v) is 3.86. The fourth-order valence-electron chi connectivity index (χ4n) is 3.17. The largest absolute Gasteiger partial charge is 0.484 e. The normalized spacial score (nSPS) is 10.9. The van der Waals surface area contributed by atoms with Gasteiger partial charge in [-0.05, 0) is 48.9 Å². The molecule has 4 aromatic rings. The summed E-state index contributed by atoms with van der Waals surface area (Å²) in [4.78, 5) is 25.2. The van der Waals surface area contributed by atoms with Crippen molar-refractivity contribution >= 4 is 57.4 Å². The van der Waals surface area contributed by atoms with Gasteiger partial charge in [-0.25, -0.2) is 0 Å². The number of benzene rings is 3. The average Bonchev–Trinajstić information content (AvgIpc) is 2.76. The third-order valence-corrected chi connectivity index (χ3v) is 5.84. The first-order chi connectivity index (χ1) is 15.3. The molecule has 0 aliphatic rings. The fraction of sp³-hybridized carbons (Fsp3) is 0.0833. The molecule has 0 saturated carbocycles. The first kappa shape index (κ1) is 22.2.